The van der Waals surface area contributed by atoms with E-state index in [4.69, 9.17) is 10.5 Å². The Kier molecular flexibility index (Phi) is 3.16. The number of aromatic nitrogens is 1. The fourth-order valence-electron chi connectivity index (χ4n) is 2.11. The monoisotopic (exact) mass is 280 g/mol. The van der Waals surface area contributed by atoms with Gasteiger partial charge in [-0.05, 0) is 36.4 Å². The van der Waals surface area contributed by atoms with Crippen molar-refractivity contribution in [3.8, 4) is 11.5 Å². The molecule has 5 nitrogen and oxygen atoms in total. The lowest BCUT2D eigenvalue weighted by molar-refractivity contribution is 0.0694. The van der Waals surface area contributed by atoms with Gasteiger partial charge in [-0.15, -0.1) is 0 Å². The molecule has 3 aromatic rings. The van der Waals surface area contributed by atoms with Gasteiger partial charge in [-0.25, -0.2) is 4.79 Å². The normalized spacial score (nSPS) is 10.5. The number of fused-ring (bicyclic) bond motifs is 1. The quantitative estimate of drug-likeness (QED) is 0.719. The molecule has 0 amide bonds. The maximum atomic E-state index is 11.3. The average molecular weight is 280 g/mol. The predicted molar refractivity (Wildman–Crippen MR) is 79.6 cm³/mol. The van der Waals surface area contributed by atoms with E-state index in [1.54, 1.807) is 36.5 Å². The van der Waals surface area contributed by atoms with E-state index < -0.39 is 5.97 Å². The Labute approximate surface area is 120 Å². The van der Waals surface area contributed by atoms with Gasteiger partial charge in [0.25, 0.3) is 0 Å². The van der Waals surface area contributed by atoms with Gasteiger partial charge >= 0.3 is 5.97 Å². The lowest BCUT2D eigenvalue weighted by Crippen LogP contribution is -2.03. The molecule has 0 atom stereocenters. The van der Waals surface area contributed by atoms with Crippen molar-refractivity contribution in [1.82, 2.24) is 4.98 Å². The molecule has 0 aliphatic heterocycles. The fourth-order valence-corrected chi connectivity index (χ4v) is 2.11. The molecule has 0 aliphatic rings. The Morgan fingerprint density at radius 3 is 2.71 bits per heavy atom. The van der Waals surface area contributed by atoms with Crippen LogP contribution < -0.4 is 10.5 Å². The van der Waals surface area contributed by atoms with Crippen molar-refractivity contribution in [3.63, 3.8) is 0 Å². The summed E-state index contributed by atoms with van der Waals surface area (Å²) < 4.78 is 5.77. The largest absolute Gasteiger partial charge is 0.478 e. The lowest BCUT2D eigenvalue weighted by atomic mass is 10.1. The Balaban J connectivity index is 2.13. The minimum absolute atomic E-state index is 0.0240. The van der Waals surface area contributed by atoms with Gasteiger partial charge < -0.3 is 15.6 Å². The first kappa shape index (κ1) is 12.9. The topological polar surface area (TPSA) is 85.4 Å². The van der Waals surface area contributed by atoms with E-state index in [1.165, 1.54) is 6.07 Å². The highest BCUT2D eigenvalue weighted by Crippen LogP contribution is 2.34. The number of benzene rings is 2. The molecule has 0 saturated heterocycles. The molecule has 2 aromatic carbocycles. The number of nitrogens with zero attached hydrogens (tertiary/aromatic N) is 1. The summed E-state index contributed by atoms with van der Waals surface area (Å²) in [5.41, 5.74) is 6.91. The van der Waals surface area contributed by atoms with Gasteiger partial charge in [-0.2, -0.15) is 0 Å². The smallest absolute Gasteiger partial charge is 0.339 e. The first-order valence-corrected chi connectivity index (χ1v) is 6.30. The molecule has 0 bridgehead atoms. The standard InChI is InChI=1S/C16H12N2O3/c17-12-6-1-4-11(16(19)20)15(12)21-14-8-2-7-13-10(14)5-3-9-18-13/h1-9H,17H2,(H,19,20). The molecule has 3 N–H and O–H groups in total. The number of carbonyl (C=O) groups is 1. The maximum Gasteiger partial charge on any atom is 0.339 e. The zero-order valence-electron chi connectivity index (χ0n) is 11.0. The summed E-state index contributed by atoms with van der Waals surface area (Å²) in [6.07, 6.45) is 1.69. The van der Waals surface area contributed by atoms with Crippen LogP contribution >= 0.6 is 0 Å². The predicted octanol–water partition coefficient (Wildman–Crippen LogP) is 3.31. The van der Waals surface area contributed by atoms with Gasteiger partial charge in [0.1, 0.15) is 11.3 Å². The number of carboxylic acid groups (broad SMARTS) is 1. The summed E-state index contributed by atoms with van der Waals surface area (Å²) in [5.74, 6) is -0.432. The van der Waals surface area contributed by atoms with Gasteiger partial charge in [0, 0.05) is 11.6 Å². The lowest BCUT2D eigenvalue weighted by Gasteiger charge is -2.12. The van der Waals surface area contributed by atoms with Gasteiger partial charge in [0.2, 0.25) is 0 Å². The molecule has 104 valence electrons. The Bertz CT molecular complexity index is 825. The second-order valence-corrected chi connectivity index (χ2v) is 4.46. The number of nitrogen functional groups attached to an aromatic ring is 1. The molecule has 0 spiro atoms. The van der Waals surface area contributed by atoms with Crippen molar-refractivity contribution in [2.75, 3.05) is 5.73 Å². The number of pyridine rings is 1. The van der Waals surface area contributed by atoms with Crippen LogP contribution in [-0.4, -0.2) is 16.1 Å². The first-order valence-electron chi connectivity index (χ1n) is 6.30. The van der Waals surface area contributed by atoms with Crippen LogP contribution in [0.4, 0.5) is 5.69 Å². The summed E-state index contributed by atoms with van der Waals surface area (Å²) in [5, 5.41) is 10.0. The van der Waals surface area contributed by atoms with Gasteiger partial charge in [-0.1, -0.05) is 12.1 Å². The zero-order valence-corrected chi connectivity index (χ0v) is 11.0. The van der Waals surface area contributed by atoms with Crippen molar-refractivity contribution in [2.24, 2.45) is 0 Å². The maximum absolute atomic E-state index is 11.3. The molecule has 1 aromatic heterocycles. The van der Waals surface area contributed by atoms with E-state index in [-0.39, 0.29) is 17.0 Å². The number of rotatable bonds is 3. The van der Waals surface area contributed by atoms with E-state index in [0.29, 0.717) is 5.75 Å². The van der Waals surface area contributed by atoms with Crippen LogP contribution in [0.1, 0.15) is 10.4 Å². The van der Waals surface area contributed by atoms with Crippen molar-refractivity contribution in [1.29, 1.82) is 0 Å². The number of carboxylic acids is 1. The molecule has 1 heterocycles. The number of para-hydroxylation sites is 1. The summed E-state index contributed by atoms with van der Waals surface area (Å²) in [6, 6.07) is 13.7. The van der Waals surface area contributed by atoms with Crippen LogP contribution in [0.25, 0.3) is 10.9 Å². The third-order valence-corrected chi connectivity index (χ3v) is 3.09. The Hall–Kier alpha value is -3.08. The Morgan fingerprint density at radius 2 is 1.90 bits per heavy atom. The van der Waals surface area contributed by atoms with Crippen LogP contribution in [0.5, 0.6) is 11.5 Å². The summed E-state index contributed by atoms with van der Waals surface area (Å²) >= 11 is 0. The summed E-state index contributed by atoms with van der Waals surface area (Å²) in [4.78, 5) is 15.5. The fraction of sp³-hybridized carbons (Fsp3) is 0. The van der Waals surface area contributed by atoms with Crippen molar-refractivity contribution >= 4 is 22.6 Å². The molecule has 0 aliphatic carbocycles. The number of anilines is 1. The third-order valence-electron chi connectivity index (χ3n) is 3.09. The minimum atomic E-state index is -1.09. The van der Waals surface area contributed by atoms with Crippen LogP contribution in [0.2, 0.25) is 0 Å². The number of nitrogens with two attached hydrogens (primary N) is 1. The second kappa shape index (κ2) is 5.13. The zero-order chi connectivity index (χ0) is 14.8. The minimum Gasteiger partial charge on any atom is -0.478 e. The van der Waals surface area contributed by atoms with Crippen molar-refractivity contribution in [2.45, 2.75) is 0 Å². The summed E-state index contributed by atoms with van der Waals surface area (Å²) in [7, 11) is 0. The van der Waals surface area contributed by atoms with Crippen LogP contribution in [0, 0.1) is 0 Å². The molecule has 0 radical (unpaired) electrons. The van der Waals surface area contributed by atoms with E-state index in [0.717, 1.165) is 10.9 Å². The summed E-state index contributed by atoms with van der Waals surface area (Å²) in [6.45, 7) is 0. The molecule has 0 unspecified atom stereocenters. The van der Waals surface area contributed by atoms with Gasteiger partial charge in [-0.3, -0.25) is 4.98 Å². The van der Waals surface area contributed by atoms with E-state index in [2.05, 4.69) is 4.98 Å². The molecular weight excluding hydrogens is 268 g/mol. The molecule has 0 saturated carbocycles. The van der Waals surface area contributed by atoms with E-state index in [9.17, 15) is 9.90 Å². The van der Waals surface area contributed by atoms with Gasteiger partial charge in [0.05, 0.1) is 11.2 Å². The van der Waals surface area contributed by atoms with Crippen LogP contribution in [0.15, 0.2) is 54.7 Å². The molecule has 3 rings (SSSR count). The van der Waals surface area contributed by atoms with Crippen molar-refractivity contribution < 1.29 is 14.6 Å². The molecular formula is C16H12N2O3. The molecule has 21 heavy (non-hydrogen) atoms. The van der Waals surface area contributed by atoms with E-state index in [1.807, 2.05) is 12.1 Å². The number of aromatic carboxylic acids is 1. The van der Waals surface area contributed by atoms with Crippen LogP contribution in [0.3, 0.4) is 0 Å². The highest BCUT2D eigenvalue weighted by atomic mass is 16.5. The number of hydrogen-bond donors (Lipinski definition) is 2. The number of hydrogen-bond acceptors (Lipinski definition) is 4. The molecule has 5 heteroatoms. The van der Waals surface area contributed by atoms with Gasteiger partial charge in [0.15, 0.2) is 5.75 Å². The first-order chi connectivity index (χ1) is 10.2. The highest BCUT2D eigenvalue weighted by Gasteiger charge is 2.15. The third kappa shape index (κ3) is 2.36. The van der Waals surface area contributed by atoms with Crippen molar-refractivity contribution in [3.05, 3.63) is 60.3 Å². The van der Waals surface area contributed by atoms with Crippen LogP contribution in [-0.2, 0) is 0 Å². The second-order valence-electron chi connectivity index (χ2n) is 4.46. The average Bonchev–Trinajstić information content (AvgIpc) is 2.49. The molecule has 0 fully saturated rings. The Morgan fingerprint density at radius 1 is 1.10 bits per heavy atom. The van der Waals surface area contributed by atoms with E-state index >= 15 is 0 Å². The number of ether oxygens (including phenoxy) is 1. The SMILES string of the molecule is Nc1cccc(C(=O)O)c1Oc1cccc2ncccc12. The highest BCUT2D eigenvalue weighted by molar-refractivity contribution is 5.94.